The Bertz CT molecular complexity index is 785. The van der Waals surface area contributed by atoms with Crippen LogP contribution in [0.1, 0.15) is 55.9 Å². The van der Waals surface area contributed by atoms with Gasteiger partial charge in [-0.25, -0.2) is 0 Å². The van der Waals surface area contributed by atoms with E-state index in [-0.39, 0.29) is 23.7 Å². The number of carbonyl (C=O) groups is 3. The lowest BCUT2D eigenvalue weighted by molar-refractivity contribution is -0.147. The summed E-state index contributed by atoms with van der Waals surface area (Å²) in [5.41, 5.74) is 0.479. The maximum atomic E-state index is 12.9. The number of anilines is 1. The molecule has 1 aliphatic carbocycles. The number of ether oxygens (including phenoxy) is 1. The van der Waals surface area contributed by atoms with Crippen molar-refractivity contribution in [1.29, 1.82) is 0 Å². The highest BCUT2D eigenvalue weighted by Gasteiger charge is 2.55. The van der Waals surface area contributed by atoms with Gasteiger partial charge >= 0.3 is 5.97 Å². The number of hydrogen-bond donors (Lipinski definition) is 3. The zero-order valence-corrected chi connectivity index (χ0v) is 15.9. The number of aliphatic carboxylic acids is 1. The van der Waals surface area contributed by atoms with Gasteiger partial charge in [0.2, 0.25) is 5.91 Å². The van der Waals surface area contributed by atoms with Gasteiger partial charge in [-0.2, -0.15) is 5.10 Å². The summed E-state index contributed by atoms with van der Waals surface area (Å²) in [6, 6.07) is 0.137. The van der Waals surface area contributed by atoms with Gasteiger partial charge in [0, 0.05) is 18.8 Å². The van der Waals surface area contributed by atoms with Gasteiger partial charge in [0.25, 0.3) is 5.91 Å². The SMILES string of the molecule is CCn1cc(NC(=O)[C@@H]2[C@@H](C(=O)O)[C@H]3CC[C@@H]2O3)c(C(=O)NC2CCCC2)n1. The number of aromatic nitrogens is 2. The number of nitrogens with zero attached hydrogens (tertiary/aromatic N) is 2. The fourth-order valence-electron chi connectivity index (χ4n) is 4.71. The van der Waals surface area contributed by atoms with E-state index in [4.69, 9.17) is 4.74 Å². The van der Waals surface area contributed by atoms with Crippen molar-refractivity contribution in [1.82, 2.24) is 15.1 Å². The quantitative estimate of drug-likeness (QED) is 0.675. The topological polar surface area (TPSA) is 123 Å². The molecule has 0 aromatic carbocycles. The van der Waals surface area contributed by atoms with Gasteiger partial charge < -0.3 is 20.5 Å². The Labute approximate surface area is 162 Å². The van der Waals surface area contributed by atoms with Gasteiger partial charge in [-0.3, -0.25) is 19.1 Å². The number of amides is 2. The second-order valence-electron chi connectivity index (χ2n) is 7.87. The van der Waals surface area contributed by atoms with Crippen LogP contribution >= 0.6 is 0 Å². The molecule has 3 heterocycles. The second kappa shape index (κ2) is 7.54. The minimum atomic E-state index is -1.02. The van der Waals surface area contributed by atoms with Gasteiger partial charge in [0.15, 0.2) is 5.69 Å². The number of rotatable bonds is 6. The Balaban J connectivity index is 1.52. The van der Waals surface area contributed by atoms with Crippen molar-refractivity contribution in [2.45, 2.75) is 70.2 Å². The number of fused-ring (bicyclic) bond motifs is 2. The molecule has 0 radical (unpaired) electrons. The first-order chi connectivity index (χ1) is 13.5. The molecule has 1 aromatic heterocycles. The van der Waals surface area contributed by atoms with Crippen LogP contribution in [-0.2, 0) is 20.9 Å². The van der Waals surface area contributed by atoms with Crippen molar-refractivity contribution in [3.63, 3.8) is 0 Å². The molecule has 4 atom stereocenters. The smallest absolute Gasteiger partial charge is 0.310 e. The minimum Gasteiger partial charge on any atom is -0.481 e. The third kappa shape index (κ3) is 3.39. The van der Waals surface area contributed by atoms with E-state index >= 15 is 0 Å². The average molecular weight is 390 g/mol. The Morgan fingerprint density at radius 1 is 1.18 bits per heavy atom. The number of carbonyl (C=O) groups excluding carboxylic acids is 2. The zero-order valence-electron chi connectivity index (χ0n) is 15.9. The Morgan fingerprint density at radius 2 is 1.86 bits per heavy atom. The molecule has 9 nitrogen and oxygen atoms in total. The number of carboxylic acid groups (broad SMARTS) is 1. The number of carboxylic acids is 1. The predicted octanol–water partition coefficient (Wildman–Crippen LogP) is 1.39. The molecule has 2 amide bonds. The number of nitrogens with one attached hydrogen (secondary N) is 2. The molecule has 3 aliphatic rings. The molecule has 2 saturated heterocycles. The van der Waals surface area contributed by atoms with Crippen molar-refractivity contribution >= 4 is 23.5 Å². The van der Waals surface area contributed by atoms with E-state index in [1.807, 2.05) is 6.92 Å². The molecule has 9 heteroatoms. The summed E-state index contributed by atoms with van der Waals surface area (Å²) in [5, 5.41) is 19.6. The fraction of sp³-hybridized carbons (Fsp3) is 0.684. The van der Waals surface area contributed by atoms with Gasteiger partial charge in [0.05, 0.1) is 29.7 Å². The fourth-order valence-corrected chi connectivity index (χ4v) is 4.71. The van der Waals surface area contributed by atoms with E-state index in [0.717, 1.165) is 25.7 Å². The monoisotopic (exact) mass is 390 g/mol. The summed E-state index contributed by atoms with van der Waals surface area (Å²) in [7, 11) is 0. The highest BCUT2D eigenvalue weighted by atomic mass is 16.5. The zero-order chi connectivity index (χ0) is 19.8. The van der Waals surface area contributed by atoms with Crippen LogP contribution < -0.4 is 10.6 Å². The molecule has 2 bridgehead atoms. The summed E-state index contributed by atoms with van der Waals surface area (Å²) >= 11 is 0. The third-order valence-electron chi connectivity index (χ3n) is 6.11. The lowest BCUT2D eigenvalue weighted by Gasteiger charge is -2.23. The molecule has 1 aromatic rings. The van der Waals surface area contributed by atoms with Gasteiger partial charge in [-0.15, -0.1) is 0 Å². The molecule has 28 heavy (non-hydrogen) atoms. The highest BCUT2D eigenvalue weighted by molar-refractivity contribution is 6.03. The maximum Gasteiger partial charge on any atom is 0.310 e. The second-order valence-corrected chi connectivity index (χ2v) is 7.87. The Kier molecular flexibility index (Phi) is 5.09. The first-order valence-corrected chi connectivity index (χ1v) is 10.1. The molecular weight excluding hydrogens is 364 g/mol. The van der Waals surface area contributed by atoms with Crippen LogP contribution in [0.3, 0.4) is 0 Å². The van der Waals surface area contributed by atoms with Crippen molar-refractivity contribution < 1.29 is 24.2 Å². The van der Waals surface area contributed by atoms with Crippen molar-refractivity contribution in [2.24, 2.45) is 11.8 Å². The standard InChI is InChI=1S/C19H26N4O5/c1-2-23-9-11(16(22-23)18(25)20-10-5-3-4-6-10)21-17(24)14-12-7-8-13(28-12)15(14)19(26)27/h9-10,12-15H,2-8H2,1H3,(H,20,25)(H,21,24)(H,26,27)/t12-,13+,14-,15-/m0/s1. The summed E-state index contributed by atoms with van der Waals surface area (Å²) in [6.45, 7) is 2.44. The molecule has 1 saturated carbocycles. The van der Waals surface area contributed by atoms with Crippen LogP contribution in [0.15, 0.2) is 6.20 Å². The molecular formula is C19H26N4O5. The van der Waals surface area contributed by atoms with Crippen LogP contribution in [0.4, 0.5) is 5.69 Å². The summed E-state index contributed by atoms with van der Waals surface area (Å²) < 4.78 is 7.26. The van der Waals surface area contributed by atoms with Gasteiger partial charge in [-0.05, 0) is 32.6 Å². The molecule has 2 aliphatic heterocycles. The van der Waals surface area contributed by atoms with E-state index in [1.165, 1.54) is 0 Å². The molecule has 0 spiro atoms. The van der Waals surface area contributed by atoms with Crippen LogP contribution in [0.25, 0.3) is 0 Å². The third-order valence-corrected chi connectivity index (χ3v) is 6.11. The average Bonchev–Trinajstić information content (AvgIpc) is 3.44. The van der Waals surface area contributed by atoms with Crippen LogP contribution in [-0.4, -0.2) is 50.9 Å². The molecule has 3 fully saturated rings. The van der Waals surface area contributed by atoms with Crippen molar-refractivity contribution in [3.8, 4) is 0 Å². The molecule has 152 valence electrons. The number of aryl methyl sites for hydroxylation is 1. The predicted molar refractivity (Wildman–Crippen MR) is 98.8 cm³/mol. The Morgan fingerprint density at radius 3 is 2.50 bits per heavy atom. The van der Waals surface area contributed by atoms with Crippen molar-refractivity contribution in [3.05, 3.63) is 11.9 Å². The summed E-state index contributed by atoms with van der Waals surface area (Å²) in [5.74, 6) is -3.36. The van der Waals surface area contributed by atoms with Crippen molar-refractivity contribution in [2.75, 3.05) is 5.32 Å². The molecule has 3 N–H and O–H groups in total. The molecule has 4 rings (SSSR count). The highest BCUT2D eigenvalue weighted by Crippen LogP contribution is 2.44. The van der Waals surface area contributed by atoms with Crippen LogP contribution in [0.2, 0.25) is 0 Å². The van der Waals surface area contributed by atoms with E-state index in [2.05, 4.69) is 15.7 Å². The first-order valence-electron chi connectivity index (χ1n) is 10.1. The first kappa shape index (κ1) is 18.9. The van der Waals surface area contributed by atoms with Gasteiger partial charge in [0.1, 0.15) is 0 Å². The van der Waals surface area contributed by atoms with Crippen LogP contribution in [0, 0.1) is 11.8 Å². The normalized spacial score (nSPS) is 29.2. The van der Waals surface area contributed by atoms with E-state index in [9.17, 15) is 19.5 Å². The lowest BCUT2D eigenvalue weighted by atomic mass is 9.78. The minimum absolute atomic E-state index is 0.137. The van der Waals surface area contributed by atoms with Crippen LogP contribution in [0.5, 0.6) is 0 Å². The van der Waals surface area contributed by atoms with E-state index in [0.29, 0.717) is 25.1 Å². The Hall–Kier alpha value is -2.42. The van der Waals surface area contributed by atoms with E-state index < -0.39 is 29.8 Å². The largest absolute Gasteiger partial charge is 0.481 e. The summed E-state index contributed by atoms with van der Waals surface area (Å²) in [4.78, 5) is 37.2. The molecule has 0 unspecified atom stereocenters. The van der Waals surface area contributed by atoms with E-state index in [1.54, 1.807) is 10.9 Å². The maximum absolute atomic E-state index is 12.9. The number of hydrogen-bond acceptors (Lipinski definition) is 5. The summed E-state index contributed by atoms with van der Waals surface area (Å²) in [6.07, 6.45) is 6.24. The van der Waals surface area contributed by atoms with Gasteiger partial charge in [-0.1, -0.05) is 12.8 Å². The lowest BCUT2D eigenvalue weighted by Crippen LogP contribution is -2.41.